The lowest BCUT2D eigenvalue weighted by Crippen LogP contribution is -2.40. The summed E-state index contributed by atoms with van der Waals surface area (Å²) in [4.78, 5) is 13.7. The fraction of sp³-hybridized carbons (Fsp3) is 0.562. The summed E-state index contributed by atoms with van der Waals surface area (Å²) in [5.41, 5.74) is 5.61. The van der Waals surface area contributed by atoms with Crippen molar-refractivity contribution in [1.82, 2.24) is 4.90 Å². The van der Waals surface area contributed by atoms with Crippen molar-refractivity contribution in [2.45, 2.75) is 20.3 Å². The van der Waals surface area contributed by atoms with E-state index >= 15 is 0 Å². The van der Waals surface area contributed by atoms with Gasteiger partial charge in [0, 0.05) is 13.6 Å². The molecule has 1 aromatic rings. The van der Waals surface area contributed by atoms with E-state index in [1.165, 1.54) is 0 Å². The molecule has 0 spiro atoms. The van der Waals surface area contributed by atoms with Crippen LogP contribution in [0.2, 0.25) is 0 Å². The lowest BCUT2D eigenvalue weighted by molar-refractivity contribution is -0.131. The number of carbonyl (C=O) groups is 1. The van der Waals surface area contributed by atoms with Crippen LogP contribution >= 0.6 is 0 Å². The van der Waals surface area contributed by atoms with Gasteiger partial charge in [-0.05, 0) is 36.2 Å². The highest BCUT2D eigenvalue weighted by Crippen LogP contribution is 2.17. The van der Waals surface area contributed by atoms with Gasteiger partial charge in [0.2, 0.25) is 5.91 Å². The minimum atomic E-state index is -0.0682. The summed E-state index contributed by atoms with van der Waals surface area (Å²) < 4.78 is 10.6. The number of benzene rings is 1. The van der Waals surface area contributed by atoms with Gasteiger partial charge in [0.25, 0.3) is 0 Å². The molecule has 5 nitrogen and oxygen atoms in total. The van der Waals surface area contributed by atoms with Crippen molar-refractivity contribution in [3.05, 3.63) is 24.3 Å². The Balaban J connectivity index is 2.35. The van der Waals surface area contributed by atoms with Gasteiger partial charge in [-0.15, -0.1) is 0 Å². The number of nitrogens with zero attached hydrogens (tertiary/aromatic N) is 1. The monoisotopic (exact) mass is 294 g/mol. The largest absolute Gasteiger partial charge is 0.497 e. The first-order valence-electron chi connectivity index (χ1n) is 7.09. The van der Waals surface area contributed by atoms with Crippen molar-refractivity contribution >= 4 is 5.91 Å². The first kappa shape index (κ1) is 17.3. The van der Waals surface area contributed by atoms with Gasteiger partial charge in [-0.2, -0.15) is 0 Å². The molecular weight excluding hydrogens is 268 g/mol. The normalized spacial score (nSPS) is 11.1. The van der Waals surface area contributed by atoms with Crippen molar-refractivity contribution in [3.63, 3.8) is 0 Å². The highest BCUT2D eigenvalue weighted by atomic mass is 16.5. The molecule has 0 atom stereocenters. The molecule has 0 bridgehead atoms. The summed E-state index contributed by atoms with van der Waals surface area (Å²) >= 11 is 0. The van der Waals surface area contributed by atoms with Crippen molar-refractivity contribution in [2.24, 2.45) is 11.1 Å². The molecular formula is C16H26N2O3. The third-order valence-corrected chi connectivity index (χ3v) is 3.29. The maximum Gasteiger partial charge on any atom is 0.225 e. The fourth-order valence-corrected chi connectivity index (χ4v) is 1.91. The molecule has 0 radical (unpaired) electrons. The van der Waals surface area contributed by atoms with Gasteiger partial charge in [-0.1, -0.05) is 13.8 Å². The molecule has 0 fully saturated rings. The molecule has 1 aromatic carbocycles. The van der Waals surface area contributed by atoms with Crippen LogP contribution in [0.3, 0.4) is 0 Å². The maximum absolute atomic E-state index is 12.0. The van der Waals surface area contributed by atoms with Gasteiger partial charge in [-0.3, -0.25) is 4.79 Å². The van der Waals surface area contributed by atoms with Crippen LogP contribution in [0.25, 0.3) is 0 Å². The number of nitrogens with two attached hydrogens (primary N) is 1. The first-order valence-corrected chi connectivity index (χ1v) is 7.09. The Bertz CT molecular complexity index is 443. The summed E-state index contributed by atoms with van der Waals surface area (Å²) in [7, 11) is 3.42. The predicted octanol–water partition coefficient (Wildman–Crippen LogP) is 1.91. The minimum Gasteiger partial charge on any atom is -0.497 e. The Hall–Kier alpha value is -1.75. The van der Waals surface area contributed by atoms with Gasteiger partial charge in [0.15, 0.2) is 0 Å². The van der Waals surface area contributed by atoms with Crippen LogP contribution in [0.4, 0.5) is 0 Å². The van der Waals surface area contributed by atoms with E-state index in [1.807, 2.05) is 38.1 Å². The van der Waals surface area contributed by atoms with Crippen molar-refractivity contribution in [3.8, 4) is 11.5 Å². The molecule has 1 rings (SSSR count). The van der Waals surface area contributed by atoms with E-state index in [0.29, 0.717) is 26.1 Å². The van der Waals surface area contributed by atoms with Gasteiger partial charge < -0.3 is 20.1 Å². The minimum absolute atomic E-state index is 0.0602. The molecule has 0 aliphatic carbocycles. The molecule has 0 saturated carbocycles. The molecule has 0 aliphatic rings. The lowest BCUT2D eigenvalue weighted by atomic mass is 9.93. The Morgan fingerprint density at radius 3 is 2.33 bits per heavy atom. The average molecular weight is 294 g/mol. The average Bonchev–Trinajstić information content (AvgIpc) is 2.47. The van der Waals surface area contributed by atoms with Crippen LogP contribution in [-0.4, -0.2) is 44.7 Å². The summed E-state index contributed by atoms with van der Waals surface area (Å²) in [5, 5.41) is 0. The second-order valence-corrected chi connectivity index (χ2v) is 5.89. The van der Waals surface area contributed by atoms with E-state index in [4.69, 9.17) is 15.2 Å². The number of hydrogen-bond donors (Lipinski definition) is 1. The molecule has 0 aliphatic heterocycles. The van der Waals surface area contributed by atoms with Crippen molar-refractivity contribution in [2.75, 3.05) is 33.9 Å². The zero-order valence-electron chi connectivity index (χ0n) is 13.4. The van der Waals surface area contributed by atoms with Crippen LogP contribution in [0.1, 0.15) is 20.3 Å². The molecule has 0 saturated heterocycles. The molecule has 2 N–H and O–H groups in total. The molecule has 0 unspecified atom stereocenters. The van der Waals surface area contributed by atoms with Crippen LogP contribution < -0.4 is 15.2 Å². The highest BCUT2D eigenvalue weighted by Gasteiger charge is 2.20. The predicted molar refractivity (Wildman–Crippen MR) is 83.6 cm³/mol. The van der Waals surface area contributed by atoms with Crippen LogP contribution in [0, 0.1) is 5.41 Å². The molecule has 0 aromatic heterocycles. The molecule has 118 valence electrons. The Morgan fingerprint density at radius 2 is 1.81 bits per heavy atom. The van der Waals surface area contributed by atoms with Gasteiger partial charge in [-0.25, -0.2) is 0 Å². The van der Waals surface area contributed by atoms with Gasteiger partial charge in [0.1, 0.15) is 11.5 Å². The topological polar surface area (TPSA) is 64.8 Å². The fourth-order valence-electron chi connectivity index (χ4n) is 1.91. The van der Waals surface area contributed by atoms with Crippen LogP contribution in [0.5, 0.6) is 11.5 Å². The summed E-state index contributed by atoms with van der Waals surface area (Å²) in [5.74, 6) is 1.57. The molecule has 5 heteroatoms. The lowest BCUT2D eigenvalue weighted by Gasteiger charge is -2.29. The number of hydrogen-bond acceptors (Lipinski definition) is 4. The second-order valence-electron chi connectivity index (χ2n) is 5.89. The summed E-state index contributed by atoms with van der Waals surface area (Å²) in [6.45, 7) is 5.64. The van der Waals surface area contributed by atoms with E-state index < -0.39 is 0 Å². The molecule has 21 heavy (non-hydrogen) atoms. The smallest absolute Gasteiger partial charge is 0.225 e. The van der Waals surface area contributed by atoms with Gasteiger partial charge >= 0.3 is 0 Å². The Morgan fingerprint density at radius 1 is 1.24 bits per heavy atom. The Labute approximate surface area is 127 Å². The van der Waals surface area contributed by atoms with Crippen LogP contribution in [-0.2, 0) is 4.79 Å². The third-order valence-electron chi connectivity index (χ3n) is 3.29. The zero-order chi connectivity index (χ0) is 15.9. The van der Waals surface area contributed by atoms with E-state index in [9.17, 15) is 4.79 Å². The van der Waals surface area contributed by atoms with Crippen molar-refractivity contribution < 1.29 is 14.3 Å². The van der Waals surface area contributed by atoms with E-state index in [0.717, 1.165) is 11.5 Å². The third kappa shape index (κ3) is 6.04. The standard InChI is InChI=1S/C16H26N2O3/c1-16(2,11-17)12-18(3)15(19)9-10-21-14-7-5-13(20-4)6-8-14/h5-8H,9-12,17H2,1-4H3. The maximum atomic E-state index is 12.0. The van der Waals surface area contributed by atoms with E-state index in [1.54, 1.807) is 19.1 Å². The number of amides is 1. The first-order chi connectivity index (χ1) is 9.88. The quantitative estimate of drug-likeness (QED) is 0.795. The van der Waals surface area contributed by atoms with E-state index in [2.05, 4.69) is 0 Å². The number of ether oxygens (including phenoxy) is 2. The number of rotatable bonds is 8. The zero-order valence-corrected chi connectivity index (χ0v) is 13.4. The molecule has 1 amide bonds. The van der Waals surface area contributed by atoms with Crippen LogP contribution in [0.15, 0.2) is 24.3 Å². The highest BCUT2D eigenvalue weighted by molar-refractivity contribution is 5.76. The SMILES string of the molecule is COc1ccc(OCCC(=O)N(C)CC(C)(C)CN)cc1. The second kappa shape index (κ2) is 7.88. The summed E-state index contributed by atoms with van der Waals surface area (Å²) in [6, 6.07) is 7.30. The van der Waals surface area contributed by atoms with E-state index in [-0.39, 0.29) is 11.3 Å². The van der Waals surface area contributed by atoms with Gasteiger partial charge in [0.05, 0.1) is 20.1 Å². The van der Waals surface area contributed by atoms with Crippen molar-refractivity contribution in [1.29, 1.82) is 0 Å². The Kier molecular flexibility index (Phi) is 6.49. The number of carbonyl (C=O) groups excluding carboxylic acids is 1. The summed E-state index contributed by atoms with van der Waals surface area (Å²) in [6.07, 6.45) is 0.350. The number of methoxy groups -OCH3 is 1. The molecule has 0 heterocycles.